The van der Waals surface area contributed by atoms with Crippen LogP contribution in [0.1, 0.15) is 16.8 Å². The third-order valence-corrected chi connectivity index (χ3v) is 4.55. The predicted molar refractivity (Wildman–Crippen MR) is 82.9 cm³/mol. The second-order valence-corrected chi connectivity index (χ2v) is 6.10. The van der Waals surface area contributed by atoms with Gasteiger partial charge >= 0.3 is 0 Å². The van der Waals surface area contributed by atoms with Crippen molar-refractivity contribution < 1.29 is 18.7 Å². The van der Waals surface area contributed by atoms with E-state index < -0.39 is 28.9 Å². The lowest BCUT2D eigenvalue weighted by atomic mass is 10.1. The third-order valence-electron chi connectivity index (χ3n) is 3.72. The van der Waals surface area contributed by atoms with Crippen LogP contribution in [0.4, 0.5) is 13.9 Å². The van der Waals surface area contributed by atoms with Crippen molar-refractivity contribution in [3.63, 3.8) is 0 Å². The highest BCUT2D eigenvalue weighted by molar-refractivity contribution is 7.13. The number of halogens is 2. The zero-order valence-electron chi connectivity index (χ0n) is 12.2. The van der Waals surface area contributed by atoms with E-state index in [0.29, 0.717) is 32.1 Å². The Kier molecular flexibility index (Phi) is 4.42. The van der Waals surface area contributed by atoms with Crippen LogP contribution in [0.25, 0.3) is 0 Å². The molecule has 0 aliphatic carbocycles. The van der Waals surface area contributed by atoms with Gasteiger partial charge in [-0.2, -0.15) is 0 Å². The average molecular weight is 339 g/mol. The lowest BCUT2D eigenvalue weighted by molar-refractivity contribution is 0.0759. The SMILES string of the molecule is O=C(c1c(O)cc(F)cc1F)N1CCCN(c2nccs2)CC1. The molecule has 1 aromatic carbocycles. The largest absolute Gasteiger partial charge is 0.507 e. The van der Waals surface area contributed by atoms with Crippen LogP contribution in [0.2, 0.25) is 0 Å². The Balaban J connectivity index is 1.76. The third kappa shape index (κ3) is 3.26. The minimum absolute atomic E-state index is 0.384. The molecule has 1 aliphatic rings. The lowest BCUT2D eigenvalue weighted by Gasteiger charge is -2.22. The Bertz CT molecular complexity index is 686. The molecule has 2 heterocycles. The van der Waals surface area contributed by atoms with Crippen LogP contribution in [-0.2, 0) is 0 Å². The molecule has 0 saturated carbocycles. The van der Waals surface area contributed by atoms with Crippen molar-refractivity contribution in [3.8, 4) is 5.75 Å². The number of nitrogens with zero attached hydrogens (tertiary/aromatic N) is 3. The number of phenolic OH excluding ortho intramolecular Hbond substituents is 1. The number of aromatic hydroxyl groups is 1. The molecule has 1 N–H and O–H groups in total. The standard InChI is InChI=1S/C15H15F2N3O2S/c16-10-8-11(17)13(12(21)9-10)14(22)19-3-1-4-20(6-5-19)15-18-2-7-23-15/h2,7-9,21H,1,3-6H2. The molecule has 2 aromatic rings. The number of carbonyl (C=O) groups is 1. The van der Waals surface area contributed by atoms with Crippen LogP contribution in [0.3, 0.4) is 0 Å². The van der Waals surface area contributed by atoms with Crippen LogP contribution in [0.5, 0.6) is 5.75 Å². The normalized spacial score (nSPS) is 15.6. The number of hydrogen-bond donors (Lipinski definition) is 1. The summed E-state index contributed by atoms with van der Waals surface area (Å²) in [5.74, 6) is -3.26. The van der Waals surface area contributed by atoms with Gasteiger partial charge < -0.3 is 14.9 Å². The predicted octanol–water partition coefficient (Wildman–Crippen LogP) is 2.48. The Labute approximate surface area is 135 Å². The molecule has 8 heteroatoms. The van der Waals surface area contributed by atoms with E-state index in [1.807, 2.05) is 5.38 Å². The second kappa shape index (κ2) is 6.49. The van der Waals surface area contributed by atoms with E-state index in [4.69, 9.17) is 0 Å². The van der Waals surface area contributed by atoms with Gasteiger partial charge in [0.1, 0.15) is 22.9 Å². The fourth-order valence-corrected chi connectivity index (χ4v) is 3.31. The number of thiazole rings is 1. The number of carbonyl (C=O) groups excluding carboxylic acids is 1. The van der Waals surface area contributed by atoms with Crippen LogP contribution >= 0.6 is 11.3 Å². The molecular formula is C15H15F2N3O2S. The number of benzene rings is 1. The minimum Gasteiger partial charge on any atom is -0.507 e. The second-order valence-electron chi connectivity index (χ2n) is 5.23. The van der Waals surface area contributed by atoms with Crippen LogP contribution < -0.4 is 4.90 Å². The van der Waals surface area contributed by atoms with Crippen molar-refractivity contribution in [2.45, 2.75) is 6.42 Å². The fourth-order valence-electron chi connectivity index (χ4n) is 2.61. The Morgan fingerprint density at radius 3 is 2.74 bits per heavy atom. The van der Waals surface area contributed by atoms with Crippen molar-refractivity contribution in [1.82, 2.24) is 9.88 Å². The topological polar surface area (TPSA) is 56.7 Å². The van der Waals surface area contributed by atoms with Gasteiger partial charge in [-0.1, -0.05) is 0 Å². The number of amides is 1. The summed E-state index contributed by atoms with van der Waals surface area (Å²) in [6, 6.07) is 1.35. The first-order chi connectivity index (χ1) is 11.1. The monoisotopic (exact) mass is 339 g/mol. The molecule has 1 fully saturated rings. The number of hydrogen-bond acceptors (Lipinski definition) is 5. The quantitative estimate of drug-likeness (QED) is 0.913. The van der Waals surface area contributed by atoms with Crippen molar-refractivity contribution in [2.75, 3.05) is 31.1 Å². The van der Waals surface area contributed by atoms with Crippen molar-refractivity contribution >= 4 is 22.4 Å². The molecule has 0 bridgehead atoms. The Hall–Kier alpha value is -2.22. The maximum absolute atomic E-state index is 13.9. The molecule has 1 amide bonds. The van der Waals surface area contributed by atoms with E-state index in [0.717, 1.165) is 17.7 Å². The van der Waals surface area contributed by atoms with E-state index in [2.05, 4.69) is 9.88 Å². The minimum atomic E-state index is -1.05. The summed E-state index contributed by atoms with van der Waals surface area (Å²) in [4.78, 5) is 20.3. The molecule has 0 radical (unpaired) electrons. The van der Waals surface area contributed by atoms with Gasteiger partial charge in [0, 0.05) is 49.9 Å². The molecule has 0 unspecified atom stereocenters. The van der Waals surface area contributed by atoms with Gasteiger partial charge in [0.25, 0.3) is 5.91 Å². The average Bonchev–Trinajstić information content (AvgIpc) is 2.90. The number of aromatic nitrogens is 1. The van der Waals surface area contributed by atoms with Crippen molar-refractivity contribution in [2.24, 2.45) is 0 Å². The van der Waals surface area contributed by atoms with E-state index in [1.165, 1.54) is 16.2 Å². The zero-order chi connectivity index (χ0) is 16.4. The number of anilines is 1. The highest BCUT2D eigenvalue weighted by Crippen LogP contribution is 2.25. The van der Waals surface area contributed by atoms with Gasteiger partial charge in [0.05, 0.1) is 0 Å². The summed E-state index contributed by atoms with van der Waals surface area (Å²) in [5.41, 5.74) is -0.478. The first-order valence-corrected chi connectivity index (χ1v) is 8.06. The summed E-state index contributed by atoms with van der Waals surface area (Å²) < 4.78 is 26.9. The fraction of sp³-hybridized carbons (Fsp3) is 0.333. The lowest BCUT2D eigenvalue weighted by Crippen LogP contribution is -2.35. The van der Waals surface area contributed by atoms with E-state index in [9.17, 15) is 18.7 Å². The molecule has 0 atom stereocenters. The highest BCUT2D eigenvalue weighted by atomic mass is 32.1. The molecule has 1 saturated heterocycles. The Morgan fingerprint density at radius 1 is 1.22 bits per heavy atom. The summed E-state index contributed by atoms with van der Waals surface area (Å²) in [7, 11) is 0. The van der Waals surface area contributed by atoms with Gasteiger partial charge in [-0.15, -0.1) is 11.3 Å². The summed E-state index contributed by atoms with van der Waals surface area (Å²) >= 11 is 1.52. The summed E-state index contributed by atoms with van der Waals surface area (Å²) in [6.45, 7) is 2.14. The highest BCUT2D eigenvalue weighted by Gasteiger charge is 2.26. The van der Waals surface area contributed by atoms with Crippen molar-refractivity contribution in [3.05, 3.63) is 40.9 Å². The van der Waals surface area contributed by atoms with Gasteiger partial charge in [0.15, 0.2) is 5.13 Å². The number of rotatable bonds is 2. The molecule has 23 heavy (non-hydrogen) atoms. The first kappa shape index (κ1) is 15.7. The van der Waals surface area contributed by atoms with Crippen LogP contribution in [0.15, 0.2) is 23.7 Å². The summed E-state index contributed by atoms with van der Waals surface area (Å²) in [6.07, 6.45) is 2.43. The molecule has 1 aromatic heterocycles. The van der Waals surface area contributed by atoms with Gasteiger partial charge in [0.2, 0.25) is 0 Å². The smallest absolute Gasteiger partial charge is 0.260 e. The van der Waals surface area contributed by atoms with Gasteiger partial charge in [-0.05, 0) is 6.42 Å². The van der Waals surface area contributed by atoms with Crippen molar-refractivity contribution in [1.29, 1.82) is 0 Å². The molecule has 3 rings (SSSR count). The van der Waals surface area contributed by atoms with E-state index in [1.54, 1.807) is 6.20 Å². The molecule has 1 aliphatic heterocycles. The molecule has 0 spiro atoms. The Morgan fingerprint density at radius 2 is 2.04 bits per heavy atom. The van der Waals surface area contributed by atoms with E-state index in [-0.39, 0.29) is 0 Å². The molecular weight excluding hydrogens is 324 g/mol. The molecule has 5 nitrogen and oxygen atoms in total. The maximum Gasteiger partial charge on any atom is 0.260 e. The molecule has 122 valence electrons. The maximum atomic E-state index is 13.9. The summed E-state index contributed by atoms with van der Waals surface area (Å²) in [5, 5.41) is 12.5. The van der Waals surface area contributed by atoms with Crippen LogP contribution in [0, 0.1) is 11.6 Å². The first-order valence-electron chi connectivity index (χ1n) is 7.18. The van der Waals surface area contributed by atoms with Crippen LogP contribution in [-0.4, -0.2) is 47.1 Å². The zero-order valence-corrected chi connectivity index (χ0v) is 13.0. The van der Waals surface area contributed by atoms with Gasteiger partial charge in [-0.3, -0.25) is 4.79 Å². The van der Waals surface area contributed by atoms with Gasteiger partial charge in [-0.25, -0.2) is 13.8 Å². The van der Waals surface area contributed by atoms with E-state index >= 15 is 0 Å². The number of phenols is 1.